The minimum atomic E-state index is -0.709. The van der Waals surface area contributed by atoms with Crippen molar-refractivity contribution in [3.05, 3.63) is 101 Å². The van der Waals surface area contributed by atoms with Crippen LogP contribution in [0.4, 0.5) is 0 Å². The Balaban J connectivity index is 1.60. The number of carbonyl (C=O) groups is 1. The van der Waals surface area contributed by atoms with Crippen molar-refractivity contribution in [2.75, 3.05) is 7.11 Å². The highest BCUT2D eigenvalue weighted by atomic mass is 16.5. The van der Waals surface area contributed by atoms with Gasteiger partial charge in [-0.05, 0) is 41.3 Å². The number of hydrogen-bond donors (Lipinski definition) is 1. The summed E-state index contributed by atoms with van der Waals surface area (Å²) in [5.41, 5.74) is 4.94. The third-order valence-corrected chi connectivity index (χ3v) is 4.86. The zero-order valence-electron chi connectivity index (χ0n) is 15.5. The van der Waals surface area contributed by atoms with Crippen molar-refractivity contribution in [2.24, 2.45) is 0 Å². The molecule has 140 valence electrons. The summed E-state index contributed by atoms with van der Waals surface area (Å²) < 4.78 is 10.6. The zero-order valence-corrected chi connectivity index (χ0v) is 15.5. The number of esters is 1. The molecule has 1 N–H and O–H groups in total. The Kier molecular flexibility index (Phi) is 4.96. The summed E-state index contributed by atoms with van der Waals surface area (Å²) in [6, 6.07) is 22.9. The molecule has 1 atom stereocenters. The number of hydrogen-bond acceptors (Lipinski definition) is 4. The molecular formula is C24H20O4. The molecule has 0 aliphatic carbocycles. The van der Waals surface area contributed by atoms with Crippen LogP contribution in [0.1, 0.15) is 27.6 Å². The van der Waals surface area contributed by atoms with Gasteiger partial charge in [-0.2, -0.15) is 0 Å². The van der Waals surface area contributed by atoms with Crippen LogP contribution in [0.15, 0.2) is 84.6 Å². The first-order valence-electron chi connectivity index (χ1n) is 9.06. The van der Waals surface area contributed by atoms with Gasteiger partial charge in [0.1, 0.15) is 11.9 Å². The van der Waals surface area contributed by atoms with E-state index in [9.17, 15) is 9.90 Å². The van der Waals surface area contributed by atoms with E-state index in [1.807, 2.05) is 60.7 Å². The van der Waals surface area contributed by atoms with Crippen LogP contribution in [0.2, 0.25) is 0 Å². The van der Waals surface area contributed by atoms with Gasteiger partial charge in [-0.15, -0.1) is 0 Å². The van der Waals surface area contributed by atoms with E-state index in [0.29, 0.717) is 17.7 Å². The van der Waals surface area contributed by atoms with E-state index in [1.165, 1.54) is 7.11 Å². The van der Waals surface area contributed by atoms with Crippen molar-refractivity contribution in [2.45, 2.75) is 12.5 Å². The monoisotopic (exact) mass is 372 g/mol. The third kappa shape index (κ3) is 3.55. The van der Waals surface area contributed by atoms with E-state index in [4.69, 9.17) is 9.47 Å². The van der Waals surface area contributed by atoms with Crippen molar-refractivity contribution < 1.29 is 19.4 Å². The molecule has 0 amide bonds. The molecule has 3 aromatic rings. The maximum atomic E-state index is 11.8. The Hall–Kier alpha value is -3.37. The lowest BCUT2D eigenvalue weighted by atomic mass is 9.92. The van der Waals surface area contributed by atoms with Crippen LogP contribution in [-0.4, -0.2) is 18.2 Å². The Labute approximate surface area is 163 Å². The van der Waals surface area contributed by atoms with E-state index >= 15 is 0 Å². The molecule has 4 rings (SSSR count). The van der Waals surface area contributed by atoms with Gasteiger partial charge in [0.2, 0.25) is 0 Å². The third-order valence-electron chi connectivity index (χ3n) is 4.86. The molecule has 28 heavy (non-hydrogen) atoms. The van der Waals surface area contributed by atoms with Crippen LogP contribution >= 0.6 is 0 Å². The van der Waals surface area contributed by atoms with E-state index in [0.717, 1.165) is 27.8 Å². The van der Waals surface area contributed by atoms with E-state index in [1.54, 1.807) is 18.4 Å². The number of aliphatic hydroxyl groups is 1. The number of rotatable bonds is 4. The number of carbonyl (C=O) groups excluding carboxylic acids is 1. The summed E-state index contributed by atoms with van der Waals surface area (Å²) >= 11 is 0. The molecule has 0 spiro atoms. The first-order chi connectivity index (χ1) is 13.7. The van der Waals surface area contributed by atoms with E-state index in [-0.39, 0.29) is 5.97 Å². The summed E-state index contributed by atoms with van der Waals surface area (Å²) in [5, 5.41) is 10.8. The lowest BCUT2D eigenvalue weighted by Gasteiger charge is -2.23. The lowest BCUT2D eigenvalue weighted by molar-refractivity contribution is 0.0601. The number of aliphatic hydroxyl groups excluding tert-OH is 1. The minimum Gasteiger partial charge on any atom is -0.465 e. The predicted octanol–water partition coefficient (Wildman–Crippen LogP) is 4.69. The fourth-order valence-electron chi connectivity index (χ4n) is 3.36. The summed E-state index contributed by atoms with van der Waals surface area (Å²) in [7, 11) is 1.36. The van der Waals surface area contributed by atoms with Crippen molar-refractivity contribution >= 4 is 5.97 Å². The summed E-state index contributed by atoms with van der Waals surface area (Å²) in [6.07, 6.45) is 1.55. The minimum absolute atomic E-state index is 0.375. The fourth-order valence-corrected chi connectivity index (χ4v) is 3.36. The van der Waals surface area contributed by atoms with Gasteiger partial charge in [0.25, 0.3) is 0 Å². The molecule has 1 aliphatic heterocycles. The van der Waals surface area contributed by atoms with Gasteiger partial charge in [-0.3, -0.25) is 0 Å². The molecular weight excluding hydrogens is 352 g/mol. The average Bonchev–Trinajstić information content (AvgIpc) is 2.76. The van der Waals surface area contributed by atoms with E-state index in [2.05, 4.69) is 0 Å². The molecule has 0 bridgehead atoms. The van der Waals surface area contributed by atoms with Gasteiger partial charge >= 0.3 is 5.97 Å². The smallest absolute Gasteiger partial charge is 0.337 e. The van der Waals surface area contributed by atoms with Crippen molar-refractivity contribution in [3.63, 3.8) is 0 Å². The normalized spacial score (nSPS) is 15.2. The second-order valence-corrected chi connectivity index (χ2v) is 6.70. The summed E-state index contributed by atoms with van der Waals surface area (Å²) in [4.78, 5) is 11.8. The topological polar surface area (TPSA) is 55.8 Å². The van der Waals surface area contributed by atoms with Crippen LogP contribution in [0.25, 0.3) is 11.1 Å². The summed E-state index contributed by atoms with van der Waals surface area (Å²) in [6.45, 7) is 0. The molecule has 0 saturated heterocycles. The van der Waals surface area contributed by atoms with Crippen molar-refractivity contribution in [1.82, 2.24) is 0 Å². The van der Waals surface area contributed by atoms with Crippen LogP contribution in [0.5, 0.6) is 5.75 Å². The van der Waals surface area contributed by atoms with Crippen molar-refractivity contribution in [3.8, 4) is 16.9 Å². The standard InChI is InChI=1S/C24H20O4/c1-27-24(26)19-9-5-8-17(13-19)18-10-11-21-22(14-18)28-15-20(23(21)25)12-16-6-3-2-4-7-16/h2-11,13-15,23,25H,12H2,1H3. The van der Waals surface area contributed by atoms with Crippen LogP contribution in [-0.2, 0) is 11.2 Å². The molecule has 4 nitrogen and oxygen atoms in total. The number of methoxy groups -OCH3 is 1. The second-order valence-electron chi connectivity index (χ2n) is 6.70. The number of benzene rings is 3. The molecule has 0 fully saturated rings. The summed E-state index contributed by atoms with van der Waals surface area (Å²) in [5.74, 6) is 0.241. The highest BCUT2D eigenvalue weighted by molar-refractivity contribution is 5.91. The lowest BCUT2D eigenvalue weighted by Crippen LogP contribution is -2.12. The second kappa shape index (κ2) is 7.71. The number of ether oxygens (including phenoxy) is 2. The van der Waals surface area contributed by atoms with E-state index < -0.39 is 6.10 Å². The Morgan fingerprint density at radius 3 is 2.57 bits per heavy atom. The van der Waals surface area contributed by atoms with Gasteiger partial charge < -0.3 is 14.6 Å². The highest BCUT2D eigenvalue weighted by Gasteiger charge is 2.23. The SMILES string of the molecule is COC(=O)c1cccc(-c2ccc3c(c2)OC=C(Cc2ccccc2)C3O)c1. The van der Waals surface area contributed by atoms with Crippen LogP contribution in [0.3, 0.4) is 0 Å². The van der Waals surface area contributed by atoms with Crippen LogP contribution < -0.4 is 4.74 Å². The maximum Gasteiger partial charge on any atom is 0.337 e. The van der Waals surface area contributed by atoms with Gasteiger partial charge in [0.15, 0.2) is 0 Å². The molecule has 1 heterocycles. The predicted molar refractivity (Wildman–Crippen MR) is 107 cm³/mol. The molecule has 0 radical (unpaired) electrons. The number of fused-ring (bicyclic) bond motifs is 1. The molecule has 3 aromatic carbocycles. The largest absolute Gasteiger partial charge is 0.465 e. The molecule has 0 aromatic heterocycles. The van der Waals surface area contributed by atoms with Crippen molar-refractivity contribution in [1.29, 1.82) is 0 Å². The Morgan fingerprint density at radius 1 is 1.00 bits per heavy atom. The molecule has 1 aliphatic rings. The highest BCUT2D eigenvalue weighted by Crippen LogP contribution is 2.38. The van der Waals surface area contributed by atoms with Gasteiger partial charge in [0, 0.05) is 11.1 Å². The Morgan fingerprint density at radius 2 is 1.79 bits per heavy atom. The average molecular weight is 372 g/mol. The van der Waals surface area contributed by atoms with Crippen LogP contribution in [0, 0.1) is 0 Å². The molecule has 4 heteroatoms. The van der Waals surface area contributed by atoms with Gasteiger partial charge in [-0.1, -0.05) is 54.6 Å². The first-order valence-corrected chi connectivity index (χ1v) is 9.06. The molecule has 0 saturated carbocycles. The zero-order chi connectivity index (χ0) is 19.5. The fraction of sp³-hybridized carbons (Fsp3) is 0.125. The Bertz CT molecular complexity index is 1040. The first kappa shape index (κ1) is 18.0. The quantitative estimate of drug-likeness (QED) is 0.675. The van der Waals surface area contributed by atoms with Gasteiger partial charge in [0.05, 0.1) is 18.9 Å². The van der Waals surface area contributed by atoms with Gasteiger partial charge in [-0.25, -0.2) is 4.79 Å². The molecule has 1 unspecified atom stereocenters. The maximum absolute atomic E-state index is 11.8.